The summed E-state index contributed by atoms with van der Waals surface area (Å²) in [6, 6.07) is 8.23. The van der Waals surface area contributed by atoms with Crippen LogP contribution in [0.4, 0.5) is 0 Å². The molecule has 1 aromatic carbocycles. The van der Waals surface area contributed by atoms with E-state index in [1.807, 2.05) is 35.8 Å². The lowest BCUT2D eigenvalue weighted by Gasteiger charge is -2.12. The summed E-state index contributed by atoms with van der Waals surface area (Å²) in [7, 11) is 1.69. The van der Waals surface area contributed by atoms with E-state index in [1.165, 1.54) is 40.5 Å². The average molecular weight is 447 g/mol. The molecule has 152 valence electrons. The van der Waals surface area contributed by atoms with Gasteiger partial charge in [0.15, 0.2) is 14.8 Å². The van der Waals surface area contributed by atoms with Gasteiger partial charge < -0.3 is 5.32 Å². The number of amides is 1. The number of carbonyl (C=O) groups excluding carboxylic acids is 1. The highest BCUT2D eigenvalue weighted by molar-refractivity contribution is 7.99. The molecular weight excluding hydrogens is 424 g/mol. The lowest BCUT2D eigenvalue weighted by atomic mass is 10.2. The summed E-state index contributed by atoms with van der Waals surface area (Å²) in [6.07, 6.45) is 4.44. The summed E-state index contributed by atoms with van der Waals surface area (Å²) in [5.74, 6) is 0.217. The number of rotatable bonds is 5. The van der Waals surface area contributed by atoms with E-state index >= 15 is 0 Å². The minimum absolute atomic E-state index is 0.0167. The molecule has 6 nitrogen and oxygen atoms in total. The maximum Gasteiger partial charge on any atom is 0.273 e. The summed E-state index contributed by atoms with van der Waals surface area (Å²) < 4.78 is 4.44. The molecule has 3 aromatic rings. The molecule has 0 bridgehead atoms. The average Bonchev–Trinajstić information content (AvgIpc) is 3.32. The first-order valence-electron chi connectivity index (χ1n) is 9.56. The predicted octanol–water partition coefficient (Wildman–Crippen LogP) is 3.97. The van der Waals surface area contributed by atoms with Crippen LogP contribution in [0.3, 0.4) is 0 Å². The van der Waals surface area contributed by atoms with Crippen molar-refractivity contribution in [2.45, 2.75) is 43.8 Å². The van der Waals surface area contributed by atoms with E-state index in [4.69, 9.17) is 17.2 Å². The summed E-state index contributed by atoms with van der Waals surface area (Å²) in [5.41, 5.74) is 2.43. The minimum atomic E-state index is -0.143. The predicted molar refractivity (Wildman–Crippen MR) is 121 cm³/mol. The number of fused-ring (bicyclic) bond motifs is 1. The molecule has 9 heteroatoms. The van der Waals surface area contributed by atoms with Gasteiger partial charge in [-0.25, -0.2) is 4.98 Å². The second kappa shape index (κ2) is 8.41. The summed E-state index contributed by atoms with van der Waals surface area (Å²) in [5, 5.41) is 3.58. The number of thiazole rings is 1. The zero-order valence-electron chi connectivity index (χ0n) is 16.3. The van der Waals surface area contributed by atoms with Crippen LogP contribution in [0.1, 0.15) is 31.2 Å². The molecular formula is C20H22N4O2S3. The van der Waals surface area contributed by atoms with E-state index in [2.05, 4.69) is 5.32 Å². The highest BCUT2D eigenvalue weighted by Gasteiger charge is 2.19. The molecule has 0 spiro atoms. The fourth-order valence-corrected chi connectivity index (χ4v) is 5.65. The molecule has 1 fully saturated rings. The maximum absolute atomic E-state index is 12.9. The van der Waals surface area contributed by atoms with E-state index < -0.39 is 0 Å². The van der Waals surface area contributed by atoms with Gasteiger partial charge in [-0.2, -0.15) is 0 Å². The quantitative estimate of drug-likeness (QED) is 0.365. The van der Waals surface area contributed by atoms with Crippen LogP contribution in [-0.4, -0.2) is 31.8 Å². The van der Waals surface area contributed by atoms with Crippen LogP contribution in [0.15, 0.2) is 34.2 Å². The highest BCUT2D eigenvalue weighted by Crippen LogP contribution is 2.26. The monoisotopic (exact) mass is 446 g/mol. The third-order valence-electron chi connectivity index (χ3n) is 5.12. The van der Waals surface area contributed by atoms with Gasteiger partial charge in [-0.05, 0) is 44.1 Å². The molecule has 2 heterocycles. The van der Waals surface area contributed by atoms with Gasteiger partial charge in [-0.3, -0.25) is 18.7 Å². The molecule has 2 aromatic heterocycles. The molecule has 0 aliphatic heterocycles. The number of aromatic nitrogens is 3. The van der Waals surface area contributed by atoms with Crippen molar-refractivity contribution in [3.8, 4) is 5.69 Å². The second-order valence-corrected chi connectivity index (χ2v) is 9.87. The van der Waals surface area contributed by atoms with Crippen LogP contribution < -0.4 is 10.9 Å². The summed E-state index contributed by atoms with van der Waals surface area (Å²) in [6.45, 7) is 2.02. The molecule has 29 heavy (non-hydrogen) atoms. The van der Waals surface area contributed by atoms with Gasteiger partial charge in [-0.15, -0.1) is 0 Å². The number of nitrogens with zero attached hydrogens (tertiary/aromatic N) is 3. The normalized spacial score (nSPS) is 14.6. The van der Waals surface area contributed by atoms with Crippen LogP contribution in [0.5, 0.6) is 0 Å². The van der Waals surface area contributed by atoms with Crippen molar-refractivity contribution in [1.82, 2.24) is 19.4 Å². The van der Waals surface area contributed by atoms with Crippen molar-refractivity contribution >= 4 is 51.6 Å². The van der Waals surface area contributed by atoms with Crippen molar-refractivity contribution < 1.29 is 4.79 Å². The first-order chi connectivity index (χ1) is 13.9. The Hall–Kier alpha value is -1.97. The first kappa shape index (κ1) is 20.3. The van der Waals surface area contributed by atoms with Crippen molar-refractivity contribution in [3.63, 3.8) is 0 Å². The molecule has 1 aliphatic carbocycles. The Morgan fingerprint density at radius 3 is 2.69 bits per heavy atom. The van der Waals surface area contributed by atoms with Crippen LogP contribution in [-0.2, 0) is 11.8 Å². The molecule has 1 amide bonds. The fraction of sp³-hybridized carbons (Fsp3) is 0.400. The summed E-state index contributed by atoms with van der Waals surface area (Å²) >= 11 is 8.07. The molecule has 1 aliphatic rings. The Morgan fingerprint density at radius 1 is 1.31 bits per heavy atom. The number of carbonyl (C=O) groups is 1. The van der Waals surface area contributed by atoms with Gasteiger partial charge in [0.25, 0.3) is 5.56 Å². The molecule has 1 N–H and O–H groups in total. The van der Waals surface area contributed by atoms with Crippen molar-refractivity contribution in [3.05, 3.63) is 44.1 Å². The van der Waals surface area contributed by atoms with E-state index in [9.17, 15) is 9.59 Å². The molecule has 4 rings (SSSR count). The number of thioether (sulfide) groups is 1. The van der Waals surface area contributed by atoms with E-state index in [0.29, 0.717) is 19.5 Å². The Kier molecular flexibility index (Phi) is 5.89. The van der Waals surface area contributed by atoms with Gasteiger partial charge in [0.05, 0.1) is 5.75 Å². The molecule has 0 radical (unpaired) electrons. The highest BCUT2D eigenvalue weighted by atomic mass is 32.2. The number of benzene rings is 1. The van der Waals surface area contributed by atoms with E-state index in [-0.39, 0.29) is 23.3 Å². The second-order valence-electron chi connectivity index (χ2n) is 7.29. The SMILES string of the molecule is Cc1ccc(-n2c(=S)sc3c(=O)n(C)c(SCC(=O)NC4CCCC4)nc32)cc1. The molecule has 0 unspecified atom stereocenters. The Balaban J connectivity index is 1.66. The van der Waals surface area contributed by atoms with Gasteiger partial charge in [-0.1, -0.05) is 53.6 Å². The maximum atomic E-state index is 12.9. The first-order valence-corrected chi connectivity index (χ1v) is 11.8. The van der Waals surface area contributed by atoms with Crippen LogP contribution >= 0.6 is 35.3 Å². The zero-order valence-corrected chi connectivity index (χ0v) is 18.8. The van der Waals surface area contributed by atoms with E-state index in [0.717, 1.165) is 24.1 Å². The van der Waals surface area contributed by atoms with Gasteiger partial charge in [0.2, 0.25) is 5.91 Å². The van der Waals surface area contributed by atoms with Gasteiger partial charge in [0.1, 0.15) is 4.70 Å². The van der Waals surface area contributed by atoms with E-state index in [1.54, 1.807) is 7.05 Å². The number of aryl methyl sites for hydroxylation is 1. The lowest BCUT2D eigenvalue weighted by molar-refractivity contribution is -0.119. The standard InChI is InChI=1S/C20H22N4O2S3/c1-12-7-9-14(10-8-12)24-17-16(29-20(24)27)18(26)23(2)19(22-17)28-11-15(25)21-13-5-3-4-6-13/h7-10,13H,3-6,11H2,1-2H3,(H,21,25). The Bertz CT molecular complexity index is 1170. The topological polar surface area (TPSA) is 68.9 Å². The van der Waals surface area contributed by atoms with Crippen molar-refractivity contribution in [2.24, 2.45) is 7.05 Å². The third-order valence-corrected chi connectivity index (χ3v) is 7.50. The number of hydrogen-bond acceptors (Lipinski definition) is 6. The lowest BCUT2D eigenvalue weighted by Crippen LogP contribution is -2.34. The Morgan fingerprint density at radius 2 is 2.00 bits per heavy atom. The van der Waals surface area contributed by atoms with Crippen LogP contribution in [0, 0.1) is 10.9 Å². The van der Waals surface area contributed by atoms with Crippen LogP contribution in [0.25, 0.3) is 16.0 Å². The third kappa shape index (κ3) is 4.17. The smallest absolute Gasteiger partial charge is 0.273 e. The molecule has 0 saturated heterocycles. The molecule has 0 atom stereocenters. The van der Waals surface area contributed by atoms with Crippen molar-refractivity contribution in [1.29, 1.82) is 0 Å². The zero-order chi connectivity index (χ0) is 20.5. The summed E-state index contributed by atoms with van der Waals surface area (Å²) in [4.78, 5) is 29.9. The Labute approximate surface area is 182 Å². The van der Waals surface area contributed by atoms with Gasteiger partial charge >= 0.3 is 0 Å². The van der Waals surface area contributed by atoms with Gasteiger partial charge in [0, 0.05) is 18.8 Å². The fourth-order valence-electron chi connectivity index (χ4n) is 3.53. The minimum Gasteiger partial charge on any atom is -0.353 e. The number of nitrogens with one attached hydrogen (secondary N) is 1. The van der Waals surface area contributed by atoms with Crippen LogP contribution in [0.2, 0.25) is 0 Å². The number of hydrogen-bond donors (Lipinski definition) is 1. The van der Waals surface area contributed by atoms with Crippen molar-refractivity contribution in [2.75, 3.05) is 5.75 Å². The largest absolute Gasteiger partial charge is 0.353 e. The molecule has 1 saturated carbocycles.